The van der Waals surface area contributed by atoms with Gasteiger partial charge in [0.05, 0.1) is 5.92 Å². The molecule has 0 aromatic heterocycles. The Morgan fingerprint density at radius 2 is 2.17 bits per heavy atom. The highest BCUT2D eigenvalue weighted by molar-refractivity contribution is 5.95. The maximum atomic E-state index is 11.1. The predicted molar refractivity (Wildman–Crippen MR) is 42.7 cm³/mol. The smallest absolute Gasteiger partial charge is 0.319 e. The minimum atomic E-state index is -0.126. The molecule has 0 N–H and O–H groups in total. The lowest BCUT2D eigenvalue weighted by Gasteiger charge is -2.13. The number of carbonyl (C=O) groups is 1. The third-order valence-electron chi connectivity index (χ3n) is 2.44. The second-order valence-electron chi connectivity index (χ2n) is 3.21. The molecule has 1 radical (unpaired) electrons. The van der Waals surface area contributed by atoms with Gasteiger partial charge in [0.25, 0.3) is 0 Å². The van der Waals surface area contributed by atoms with Crippen LogP contribution in [-0.4, -0.2) is 5.97 Å². The molecular formula is C10H7O2. The highest BCUT2D eigenvalue weighted by atomic mass is 16.5. The summed E-state index contributed by atoms with van der Waals surface area (Å²) in [5.74, 6) is 1.93. The van der Waals surface area contributed by atoms with Crippen LogP contribution in [-0.2, 0) is 4.79 Å². The summed E-state index contributed by atoms with van der Waals surface area (Å²) in [7, 11) is 0. The Bertz CT molecular complexity index is 357. The SMILES string of the molecule is O=C1Oc2ccccc2C2C[C]12. The Hall–Kier alpha value is -1.31. The third-order valence-corrected chi connectivity index (χ3v) is 2.44. The van der Waals surface area contributed by atoms with E-state index in [-0.39, 0.29) is 5.97 Å². The first-order chi connectivity index (χ1) is 5.86. The second-order valence-corrected chi connectivity index (χ2v) is 3.21. The number of ether oxygens (including phenoxy) is 1. The van der Waals surface area contributed by atoms with Gasteiger partial charge >= 0.3 is 5.97 Å². The van der Waals surface area contributed by atoms with E-state index in [1.165, 1.54) is 5.56 Å². The number of para-hydroxylation sites is 1. The summed E-state index contributed by atoms with van der Waals surface area (Å²) in [6.45, 7) is 0. The van der Waals surface area contributed by atoms with Gasteiger partial charge in [-0.25, -0.2) is 0 Å². The summed E-state index contributed by atoms with van der Waals surface area (Å²) in [5, 5.41) is 0. The van der Waals surface area contributed by atoms with E-state index < -0.39 is 0 Å². The van der Waals surface area contributed by atoms with Gasteiger partial charge in [0.2, 0.25) is 0 Å². The van der Waals surface area contributed by atoms with Gasteiger partial charge in [0.15, 0.2) is 0 Å². The van der Waals surface area contributed by atoms with Gasteiger partial charge in [0, 0.05) is 5.92 Å². The van der Waals surface area contributed by atoms with Crippen molar-refractivity contribution in [2.24, 2.45) is 0 Å². The Morgan fingerprint density at radius 1 is 1.33 bits per heavy atom. The summed E-state index contributed by atoms with van der Waals surface area (Å²) in [4.78, 5) is 11.1. The Morgan fingerprint density at radius 3 is 3.08 bits per heavy atom. The monoisotopic (exact) mass is 159 g/mol. The zero-order chi connectivity index (χ0) is 8.13. The first kappa shape index (κ1) is 6.23. The zero-order valence-corrected chi connectivity index (χ0v) is 6.41. The number of carbonyl (C=O) groups excluding carboxylic acids is 1. The number of esters is 1. The lowest BCUT2D eigenvalue weighted by atomic mass is 10.1. The van der Waals surface area contributed by atoms with Gasteiger partial charge in [-0.05, 0) is 18.1 Å². The number of hydrogen-bond acceptors (Lipinski definition) is 2. The molecule has 3 rings (SSSR count). The topological polar surface area (TPSA) is 26.3 Å². The summed E-state index contributed by atoms with van der Waals surface area (Å²) in [5.41, 5.74) is 1.17. The number of rotatable bonds is 0. The molecule has 2 nitrogen and oxygen atoms in total. The van der Waals surface area contributed by atoms with Crippen LogP contribution >= 0.6 is 0 Å². The van der Waals surface area contributed by atoms with Gasteiger partial charge in [-0.15, -0.1) is 0 Å². The van der Waals surface area contributed by atoms with Crippen molar-refractivity contribution in [1.82, 2.24) is 0 Å². The molecule has 59 valence electrons. The molecule has 1 heterocycles. The quantitative estimate of drug-likeness (QED) is 0.425. The van der Waals surface area contributed by atoms with E-state index in [0.717, 1.165) is 18.1 Å². The first-order valence-corrected chi connectivity index (χ1v) is 4.03. The fourth-order valence-corrected chi connectivity index (χ4v) is 1.71. The summed E-state index contributed by atoms with van der Waals surface area (Å²) >= 11 is 0. The standard InChI is InChI=1S/C10H7O2/c11-10-8-5-7(8)6-3-1-2-4-9(6)12-10/h1-4,7H,5H2. The molecular weight excluding hydrogens is 152 g/mol. The van der Waals surface area contributed by atoms with E-state index in [9.17, 15) is 4.79 Å². The van der Waals surface area contributed by atoms with Crippen LogP contribution in [0.15, 0.2) is 24.3 Å². The van der Waals surface area contributed by atoms with E-state index in [2.05, 4.69) is 0 Å². The van der Waals surface area contributed by atoms with Gasteiger partial charge in [-0.1, -0.05) is 18.2 Å². The number of hydrogen-bond donors (Lipinski definition) is 0. The highest BCUT2D eigenvalue weighted by Gasteiger charge is 2.50. The molecule has 1 fully saturated rings. The maximum Gasteiger partial charge on any atom is 0.319 e. The van der Waals surface area contributed by atoms with Crippen molar-refractivity contribution >= 4 is 5.97 Å². The molecule has 0 bridgehead atoms. The van der Waals surface area contributed by atoms with Crippen molar-refractivity contribution in [3.8, 4) is 5.75 Å². The van der Waals surface area contributed by atoms with Crippen molar-refractivity contribution in [2.75, 3.05) is 0 Å². The van der Waals surface area contributed by atoms with Crippen molar-refractivity contribution in [3.05, 3.63) is 35.7 Å². The van der Waals surface area contributed by atoms with Crippen molar-refractivity contribution in [2.45, 2.75) is 12.3 Å². The molecule has 1 aliphatic carbocycles. The molecule has 0 spiro atoms. The van der Waals surface area contributed by atoms with Crippen LogP contribution < -0.4 is 4.74 Å². The van der Waals surface area contributed by atoms with E-state index in [4.69, 9.17) is 4.74 Å². The molecule has 1 saturated carbocycles. The van der Waals surface area contributed by atoms with Gasteiger partial charge in [0.1, 0.15) is 5.75 Å². The van der Waals surface area contributed by atoms with Crippen LogP contribution in [0, 0.1) is 5.92 Å². The second kappa shape index (κ2) is 1.89. The Balaban J connectivity index is 2.16. The molecule has 1 aliphatic heterocycles. The number of fused-ring (bicyclic) bond motifs is 3. The fraction of sp³-hybridized carbons (Fsp3) is 0.200. The van der Waals surface area contributed by atoms with Crippen LogP contribution in [0.25, 0.3) is 0 Å². The molecule has 1 aromatic carbocycles. The predicted octanol–water partition coefficient (Wildman–Crippen LogP) is 1.67. The summed E-state index contributed by atoms with van der Waals surface area (Å²) in [6, 6.07) is 7.75. The van der Waals surface area contributed by atoms with Crippen molar-refractivity contribution < 1.29 is 9.53 Å². The highest BCUT2D eigenvalue weighted by Crippen LogP contribution is 2.55. The van der Waals surface area contributed by atoms with Crippen molar-refractivity contribution in [1.29, 1.82) is 0 Å². The average Bonchev–Trinajstić information content (AvgIpc) is 2.84. The third kappa shape index (κ3) is 0.670. The molecule has 1 aromatic rings. The first-order valence-electron chi connectivity index (χ1n) is 4.03. The Kier molecular flexibility index (Phi) is 0.980. The van der Waals surface area contributed by atoms with E-state index in [1.807, 2.05) is 24.3 Å². The normalized spacial score (nSPS) is 25.7. The lowest BCUT2D eigenvalue weighted by Crippen LogP contribution is -2.14. The van der Waals surface area contributed by atoms with Crippen LogP contribution in [0.2, 0.25) is 0 Å². The zero-order valence-electron chi connectivity index (χ0n) is 6.41. The minimum Gasteiger partial charge on any atom is -0.426 e. The molecule has 1 unspecified atom stereocenters. The molecule has 2 aliphatic rings. The molecule has 0 amide bonds. The van der Waals surface area contributed by atoms with Crippen LogP contribution in [0.4, 0.5) is 0 Å². The van der Waals surface area contributed by atoms with Crippen LogP contribution in [0.1, 0.15) is 17.9 Å². The van der Waals surface area contributed by atoms with E-state index in [0.29, 0.717) is 5.92 Å². The molecule has 1 atom stereocenters. The summed E-state index contributed by atoms with van der Waals surface area (Å²) < 4.78 is 5.11. The summed E-state index contributed by atoms with van der Waals surface area (Å²) in [6.07, 6.45) is 0.899. The van der Waals surface area contributed by atoms with Gasteiger partial charge in [-0.3, -0.25) is 4.79 Å². The Labute approximate surface area is 70.2 Å². The minimum absolute atomic E-state index is 0.126. The van der Waals surface area contributed by atoms with Crippen LogP contribution in [0.3, 0.4) is 0 Å². The molecule has 0 saturated heterocycles. The lowest BCUT2D eigenvalue weighted by molar-refractivity contribution is -0.131. The van der Waals surface area contributed by atoms with E-state index in [1.54, 1.807) is 0 Å². The van der Waals surface area contributed by atoms with Gasteiger partial charge < -0.3 is 4.74 Å². The fourth-order valence-electron chi connectivity index (χ4n) is 1.71. The van der Waals surface area contributed by atoms with Gasteiger partial charge in [-0.2, -0.15) is 0 Å². The molecule has 12 heavy (non-hydrogen) atoms. The largest absolute Gasteiger partial charge is 0.426 e. The van der Waals surface area contributed by atoms with E-state index >= 15 is 0 Å². The maximum absolute atomic E-state index is 11.1. The average molecular weight is 159 g/mol. The van der Waals surface area contributed by atoms with Crippen LogP contribution in [0.5, 0.6) is 5.75 Å². The molecule has 2 heteroatoms. The number of benzene rings is 1. The van der Waals surface area contributed by atoms with Crippen molar-refractivity contribution in [3.63, 3.8) is 0 Å².